The first-order chi connectivity index (χ1) is 13.5. The Hall–Kier alpha value is -3.13. The monoisotopic (exact) mass is 401 g/mol. The van der Waals surface area contributed by atoms with Crippen molar-refractivity contribution in [3.63, 3.8) is 0 Å². The minimum atomic E-state index is -0.384. The van der Waals surface area contributed by atoms with Gasteiger partial charge in [0.15, 0.2) is 23.0 Å². The molecule has 28 heavy (non-hydrogen) atoms. The largest absolute Gasteiger partial charge is 0.504 e. The maximum Gasteiger partial charge on any atom is 0.293 e. The number of para-hydroxylation sites is 2. The Bertz CT molecular complexity index is 927. The highest BCUT2D eigenvalue weighted by Crippen LogP contribution is 2.34. The number of carbonyl (C=O) groups excluding carboxylic acids is 2. The lowest BCUT2D eigenvalue weighted by atomic mass is 10.2. The van der Waals surface area contributed by atoms with Crippen molar-refractivity contribution in [3.8, 4) is 23.0 Å². The summed E-state index contributed by atoms with van der Waals surface area (Å²) in [5, 5.41) is 9.30. The van der Waals surface area contributed by atoms with E-state index < -0.39 is 0 Å². The third-order valence-corrected chi connectivity index (χ3v) is 4.92. The second kappa shape index (κ2) is 8.71. The Labute approximate surface area is 166 Å². The van der Waals surface area contributed by atoms with E-state index in [1.165, 1.54) is 13.2 Å². The summed E-state index contributed by atoms with van der Waals surface area (Å²) in [5.74, 6) is 1.03. The number of hydrogen-bond donors (Lipinski definition) is 1. The van der Waals surface area contributed by atoms with Crippen LogP contribution < -0.4 is 14.2 Å². The van der Waals surface area contributed by atoms with Gasteiger partial charge in [0.1, 0.15) is 6.61 Å². The molecule has 0 unspecified atom stereocenters. The average molecular weight is 401 g/mol. The molecule has 7 nitrogen and oxygen atoms in total. The lowest BCUT2D eigenvalue weighted by molar-refractivity contribution is -0.123. The molecule has 8 heteroatoms. The summed E-state index contributed by atoms with van der Waals surface area (Å²) in [6.45, 7) is 0.275. The Morgan fingerprint density at radius 3 is 2.46 bits per heavy atom. The molecule has 0 saturated carbocycles. The van der Waals surface area contributed by atoms with Crippen LogP contribution in [0.15, 0.2) is 47.4 Å². The van der Waals surface area contributed by atoms with Gasteiger partial charge >= 0.3 is 0 Å². The molecule has 0 spiro atoms. The quantitative estimate of drug-likeness (QED) is 0.711. The number of methoxy groups -OCH3 is 2. The lowest BCUT2D eigenvalue weighted by Crippen LogP contribution is -2.32. The SMILES string of the molecule is COc1cc(/C=C2\SC(=O)N(CCOc3ccccc3OC)C2=O)ccc1O. The molecule has 1 fully saturated rings. The van der Waals surface area contributed by atoms with Gasteiger partial charge in [-0.3, -0.25) is 14.5 Å². The summed E-state index contributed by atoms with van der Waals surface area (Å²) < 4.78 is 15.9. The maximum absolute atomic E-state index is 12.6. The lowest BCUT2D eigenvalue weighted by Gasteiger charge is -2.14. The zero-order valence-corrected chi connectivity index (χ0v) is 16.2. The van der Waals surface area contributed by atoms with E-state index in [-0.39, 0.29) is 35.8 Å². The predicted octanol–water partition coefficient (Wildman–Crippen LogP) is 3.52. The molecule has 1 aliphatic rings. The van der Waals surface area contributed by atoms with Gasteiger partial charge in [-0.05, 0) is 47.7 Å². The number of phenols is 1. The van der Waals surface area contributed by atoms with Gasteiger partial charge in [-0.15, -0.1) is 0 Å². The second-order valence-corrected chi connectivity index (χ2v) is 6.76. The first-order valence-corrected chi connectivity index (χ1v) is 9.23. The molecule has 3 rings (SSSR count). The fourth-order valence-electron chi connectivity index (χ4n) is 2.61. The molecular weight excluding hydrogens is 382 g/mol. The fraction of sp³-hybridized carbons (Fsp3) is 0.200. The minimum absolute atomic E-state index is 0.00115. The van der Waals surface area contributed by atoms with E-state index in [2.05, 4.69) is 0 Å². The molecule has 1 saturated heterocycles. The van der Waals surface area contributed by atoms with Crippen LogP contribution in [0.4, 0.5) is 4.79 Å². The van der Waals surface area contributed by atoms with E-state index in [0.717, 1.165) is 16.7 Å². The van der Waals surface area contributed by atoms with Gasteiger partial charge in [-0.2, -0.15) is 0 Å². The maximum atomic E-state index is 12.6. The number of thioether (sulfide) groups is 1. The number of phenolic OH excluding ortho intramolecular Hbond substituents is 1. The van der Waals surface area contributed by atoms with E-state index in [1.54, 1.807) is 37.5 Å². The van der Waals surface area contributed by atoms with Crippen LogP contribution in [0.5, 0.6) is 23.0 Å². The highest BCUT2D eigenvalue weighted by atomic mass is 32.2. The van der Waals surface area contributed by atoms with Crippen LogP contribution in [0.2, 0.25) is 0 Å². The minimum Gasteiger partial charge on any atom is -0.504 e. The van der Waals surface area contributed by atoms with E-state index in [1.807, 2.05) is 12.1 Å². The van der Waals surface area contributed by atoms with Crippen LogP contribution in [0.1, 0.15) is 5.56 Å². The first kappa shape index (κ1) is 19.6. The van der Waals surface area contributed by atoms with Crippen molar-refractivity contribution in [3.05, 3.63) is 52.9 Å². The number of amides is 2. The number of nitrogens with zero attached hydrogens (tertiary/aromatic N) is 1. The van der Waals surface area contributed by atoms with Gasteiger partial charge in [-0.25, -0.2) is 0 Å². The van der Waals surface area contributed by atoms with Crippen molar-refractivity contribution in [1.82, 2.24) is 4.90 Å². The van der Waals surface area contributed by atoms with Crippen molar-refractivity contribution < 1.29 is 28.9 Å². The second-order valence-electron chi connectivity index (χ2n) is 5.76. The molecule has 1 N–H and O–H groups in total. The molecule has 0 atom stereocenters. The third-order valence-electron chi connectivity index (χ3n) is 4.02. The molecule has 2 aromatic carbocycles. The number of ether oxygens (including phenoxy) is 3. The van der Waals surface area contributed by atoms with Crippen LogP contribution in [-0.4, -0.2) is 48.5 Å². The molecular formula is C20H19NO6S. The van der Waals surface area contributed by atoms with Gasteiger partial charge < -0.3 is 19.3 Å². The summed E-state index contributed by atoms with van der Waals surface area (Å²) in [5.41, 5.74) is 0.644. The normalized spacial score (nSPS) is 15.2. The number of imide groups is 1. The molecule has 2 amide bonds. The molecule has 2 aromatic rings. The van der Waals surface area contributed by atoms with Crippen molar-refractivity contribution >= 4 is 29.0 Å². The van der Waals surface area contributed by atoms with E-state index in [0.29, 0.717) is 22.0 Å². The number of hydrogen-bond acceptors (Lipinski definition) is 7. The van der Waals surface area contributed by atoms with E-state index in [4.69, 9.17) is 14.2 Å². The van der Waals surface area contributed by atoms with Crippen LogP contribution in [0.25, 0.3) is 6.08 Å². The van der Waals surface area contributed by atoms with Gasteiger partial charge in [0.2, 0.25) is 0 Å². The molecule has 0 radical (unpaired) electrons. The Balaban J connectivity index is 1.66. The third kappa shape index (κ3) is 4.23. The first-order valence-electron chi connectivity index (χ1n) is 8.41. The average Bonchev–Trinajstić information content (AvgIpc) is 2.97. The molecule has 1 aliphatic heterocycles. The Kier molecular flexibility index (Phi) is 6.10. The van der Waals surface area contributed by atoms with Gasteiger partial charge in [0.25, 0.3) is 11.1 Å². The molecule has 1 heterocycles. The molecule has 0 aromatic heterocycles. The number of aromatic hydroxyl groups is 1. The molecule has 146 valence electrons. The van der Waals surface area contributed by atoms with Crippen molar-refractivity contribution in [1.29, 1.82) is 0 Å². The number of benzene rings is 2. The predicted molar refractivity (Wildman–Crippen MR) is 106 cm³/mol. The summed E-state index contributed by atoms with van der Waals surface area (Å²) in [6, 6.07) is 11.9. The number of rotatable bonds is 7. The Morgan fingerprint density at radius 1 is 1.04 bits per heavy atom. The van der Waals surface area contributed by atoms with Gasteiger partial charge in [-0.1, -0.05) is 18.2 Å². The zero-order valence-electron chi connectivity index (χ0n) is 15.4. The van der Waals surface area contributed by atoms with Gasteiger partial charge in [0.05, 0.1) is 25.7 Å². The van der Waals surface area contributed by atoms with E-state index >= 15 is 0 Å². The van der Waals surface area contributed by atoms with Crippen molar-refractivity contribution in [2.75, 3.05) is 27.4 Å². The van der Waals surface area contributed by atoms with Crippen molar-refractivity contribution in [2.24, 2.45) is 0 Å². The standard InChI is InChI=1S/C20H19NO6S/c1-25-15-5-3-4-6-16(15)27-10-9-21-19(23)18(28-20(21)24)12-13-7-8-14(22)17(11-13)26-2/h3-8,11-12,22H,9-10H2,1-2H3/b18-12-. The van der Waals surface area contributed by atoms with Crippen LogP contribution in [-0.2, 0) is 4.79 Å². The summed E-state index contributed by atoms with van der Waals surface area (Å²) in [4.78, 5) is 26.2. The topological polar surface area (TPSA) is 85.3 Å². The highest BCUT2D eigenvalue weighted by molar-refractivity contribution is 8.18. The van der Waals surface area contributed by atoms with Crippen LogP contribution >= 0.6 is 11.8 Å². The number of carbonyl (C=O) groups is 2. The summed E-state index contributed by atoms with van der Waals surface area (Å²) in [6.07, 6.45) is 1.59. The van der Waals surface area contributed by atoms with Gasteiger partial charge in [0, 0.05) is 0 Å². The molecule has 0 bridgehead atoms. The van der Waals surface area contributed by atoms with Crippen LogP contribution in [0.3, 0.4) is 0 Å². The van der Waals surface area contributed by atoms with Crippen molar-refractivity contribution in [2.45, 2.75) is 0 Å². The molecule has 0 aliphatic carbocycles. The highest BCUT2D eigenvalue weighted by Gasteiger charge is 2.34. The smallest absolute Gasteiger partial charge is 0.293 e. The fourth-order valence-corrected chi connectivity index (χ4v) is 3.48. The zero-order chi connectivity index (χ0) is 20.1. The Morgan fingerprint density at radius 2 is 1.75 bits per heavy atom. The summed E-state index contributed by atoms with van der Waals surface area (Å²) >= 11 is 0.863. The van der Waals surface area contributed by atoms with E-state index in [9.17, 15) is 14.7 Å². The van der Waals surface area contributed by atoms with Crippen LogP contribution in [0, 0.1) is 0 Å². The summed E-state index contributed by atoms with van der Waals surface area (Å²) in [7, 11) is 2.98.